The zero-order valence-corrected chi connectivity index (χ0v) is 22.7. The lowest BCUT2D eigenvalue weighted by molar-refractivity contribution is -0.125. The summed E-state index contributed by atoms with van der Waals surface area (Å²) in [6, 6.07) is 14.1. The molecule has 3 aliphatic rings. The van der Waals surface area contributed by atoms with Crippen LogP contribution in [0.15, 0.2) is 53.2 Å². The predicted octanol–water partition coefficient (Wildman–Crippen LogP) is 5.18. The molecule has 9 heteroatoms. The number of nitriles is 1. The van der Waals surface area contributed by atoms with Crippen molar-refractivity contribution >= 4 is 21.3 Å². The number of Topliss-reactive ketones (excluding diaryl/α,β-unsaturated/α-hetero) is 1. The molecule has 3 heterocycles. The van der Waals surface area contributed by atoms with Gasteiger partial charge in [0, 0.05) is 55.0 Å². The highest BCUT2D eigenvalue weighted by Crippen LogP contribution is 2.51. The lowest BCUT2D eigenvalue weighted by Gasteiger charge is -2.30. The number of pyridine rings is 1. The summed E-state index contributed by atoms with van der Waals surface area (Å²) in [7, 11) is -2.95. The molecule has 8 nitrogen and oxygen atoms in total. The molecule has 1 aromatic carbocycles. The van der Waals surface area contributed by atoms with E-state index in [1.807, 2.05) is 36.4 Å². The van der Waals surface area contributed by atoms with Crippen LogP contribution in [0.4, 0.5) is 5.69 Å². The Morgan fingerprint density at radius 1 is 1.08 bits per heavy atom. The molecule has 2 aliphatic carbocycles. The second-order valence-corrected chi connectivity index (χ2v) is 13.5. The number of rotatable bonds is 7. The van der Waals surface area contributed by atoms with E-state index in [1.54, 1.807) is 12.4 Å². The third-order valence-corrected chi connectivity index (χ3v) is 10.1. The van der Waals surface area contributed by atoms with E-state index in [-0.39, 0.29) is 29.1 Å². The quantitative estimate of drug-likeness (QED) is 0.400. The lowest BCUT2D eigenvalue weighted by atomic mass is 9.73. The van der Waals surface area contributed by atoms with E-state index in [9.17, 15) is 18.5 Å². The fourth-order valence-corrected chi connectivity index (χ4v) is 7.18. The number of sulfone groups is 1. The summed E-state index contributed by atoms with van der Waals surface area (Å²) in [5.74, 6) is 1.42. The summed E-state index contributed by atoms with van der Waals surface area (Å²) in [4.78, 5) is 24.8. The van der Waals surface area contributed by atoms with Gasteiger partial charge in [-0.2, -0.15) is 5.26 Å². The number of carbonyl (C=O) groups is 1. The fourth-order valence-electron chi connectivity index (χ4n) is 5.98. The summed E-state index contributed by atoms with van der Waals surface area (Å²) >= 11 is 0. The van der Waals surface area contributed by atoms with Crippen LogP contribution in [-0.2, 0) is 14.6 Å². The maximum absolute atomic E-state index is 13.5. The van der Waals surface area contributed by atoms with Crippen molar-refractivity contribution in [2.24, 2.45) is 11.3 Å². The normalized spacial score (nSPS) is 23.6. The van der Waals surface area contributed by atoms with Gasteiger partial charge in [0.05, 0.1) is 28.6 Å². The smallest absolute Gasteiger partial charge is 0.228 e. The van der Waals surface area contributed by atoms with E-state index in [0.717, 1.165) is 66.8 Å². The van der Waals surface area contributed by atoms with Gasteiger partial charge >= 0.3 is 0 Å². The molecule has 0 spiro atoms. The fraction of sp³-hybridized carbons (Fsp3) is 0.467. The monoisotopic (exact) mass is 544 g/mol. The molecule has 6 rings (SSSR count). The van der Waals surface area contributed by atoms with Gasteiger partial charge in [-0.05, 0) is 49.9 Å². The molecule has 3 aromatic rings. The Balaban J connectivity index is 1.34. The largest absolute Gasteiger partial charge is 0.440 e. The Labute approximate surface area is 229 Å². The second kappa shape index (κ2) is 10.2. The number of hydrogen-bond donors (Lipinski definition) is 0. The average molecular weight is 545 g/mol. The summed E-state index contributed by atoms with van der Waals surface area (Å²) in [5.41, 5.74) is 2.91. The van der Waals surface area contributed by atoms with Crippen LogP contribution in [0.5, 0.6) is 0 Å². The van der Waals surface area contributed by atoms with Gasteiger partial charge in [-0.1, -0.05) is 25.0 Å². The number of ketones is 1. The summed E-state index contributed by atoms with van der Waals surface area (Å²) in [5, 5.41) is 9.58. The summed E-state index contributed by atoms with van der Waals surface area (Å²) in [6.07, 6.45) is 9.00. The number of anilines is 1. The predicted molar refractivity (Wildman–Crippen MR) is 148 cm³/mol. The number of hydrogen-bond acceptors (Lipinski definition) is 8. The van der Waals surface area contributed by atoms with Crippen molar-refractivity contribution in [1.82, 2.24) is 9.97 Å². The topological polar surface area (TPSA) is 117 Å². The van der Waals surface area contributed by atoms with E-state index >= 15 is 0 Å². The highest BCUT2D eigenvalue weighted by Gasteiger charge is 2.47. The molecule has 202 valence electrons. The van der Waals surface area contributed by atoms with Crippen molar-refractivity contribution in [3.63, 3.8) is 0 Å². The first-order valence-electron chi connectivity index (χ1n) is 13.8. The molecule has 0 radical (unpaired) electrons. The molecule has 39 heavy (non-hydrogen) atoms. The maximum Gasteiger partial charge on any atom is 0.228 e. The van der Waals surface area contributed by atoms with Crippen molar-refractivity contribution in [2.45, 2.75) is 50.9 Å². The lowest BCUT2D eigenvalue weighted by Crippen LogP contribution is -2.40. The number of benzene rings is 1. The van der Waals surface area contributed by atoms with Crippen LogP contribution in [0.2, 0.25) is 0 Å². The van der Waals surface area contributed by atoms with Gasteiger partial charge in [-0.3, -0.25) is 9.78 Å². The van der Waals surface area contributed by atoms with Crippen LogP contribution in [0, 0.1) is 22.7 Å². The third-order valence-electron chi connectivity index (χ3n) is 8.53. The van der Waals surface area contributed by atoms with E-state index in [1.165, 1.54) is 0 Å². The Bertz CT molecular complexity index is 1490. The Morgan fingerprint density at radius 3 is 2.49 bits per heavy atom. The van der Waals surface area contributed by atoms with Crippen molar-refractivity contribution in [3.05, 3.63) is 54.6 Å². The number of aromatic nitrogens is 2. The minimum absolute atomic E-state index is 0.0966. The standard InChI is InChI=1S/C30H32N4O4S/c31-20-30(11-12-30)18-26(35)24-5-1-2-6-25(24)28-27(33-29(38-28)22-4-3-13-32-19-22)21-7-9-23(10-8-21)34-14-16-39(36,37)17-15-34/h3-4,7-10,13,19,24-25H,1-2,5-6,11-12,14-18H2/t24-,25-/m1/s1. The third kappa shape index (κ3) is 5.35. The molecule has 0 amide bonds. The molecule has 3 fully saturated rings. The van der Waals surface area contributed by atoms with Gasteiger partial charge in [-0.25, -0.2) is 13.4 Å². The molecule has 2 aromatic heterocycles. The molecule has 1 saturated heterocycles. The van der Waals surface area contributed by atoms with Crippen LogP contribution >= 0.6 is 0 Å². The minimum atomic E-state index is -2.95. The number of carbonyl (C=O) groups excluding carboxylic acids is 1. The first-order chi connectivity index (χ1) is 18.9. The van der Waals surface area contributed by atoms with Gasteiger partial charge < -0.3 is 9.32 Å². The van der Waals surface area contributed by atoms with Crippen LogP contribution in [-0.4, -0.2) is 48.8 Å². The van der Waals surface area contributed by atoms with Crippen LogP contribution in [0.25, 0.3) is 22.7 Å². The Kier molecular flexibility index (Phi) is 6.76. The second-order valence-electron chi connectivity index (χ2n) is 11.2. The van der Waals surface area contributed by atoms with E-state index < -0.39 is 15.3 Å². The molecule has 0 bridgehead atoms. The SMILES string of the molecule is N#CC1(CC(=O)[C@@H]2CCCC[C@H]2c2oc(-c3cccnc3)nc2-c2ccc(N3CCS(=O)(=O)CC3)cc2)CC1. The number of oxazole rings is 1. The molecular weight excluding hydrogens is 512 g/mol. The first-order valence-corrected chi connectivity index (χ1v) is 15.6. The zero-order chi connectivity index (χ0) is 27.0. The van der Waals surface area contributed by atoms with Crippen molar-refractivity contribution < 1.29 is 17.6 Å². The van der Waals surface area contributed by atoms with Gasteiger partial charge in [0.25, 0.3) is 0 Å². The van der Waals surface area contributed by atoms with Gasteiger partial charge in [0.2, 0.25) is 5.89 Å². The highest BCUT2D eigenvalue weighted by atomic mass is 32.2. The summed E-state index contributed by atoms with van der Waals surface area (Å²) < 4.78 is 30.2. The van der Waals surface area contributed by atoms with Gasteiger partial charge in [0.1, 0.15) is 17.2 Å². The van der Waals surface area contributed by atoms with Gasteiger partial charge in [-0.15, -0.1) is 0 Å². The Morgan fingerprint density at radius 2 is 1.82 bits per heavy atom. The van der Waals surface area contributed by atoms with E-state index in [4.69, 9.17) is 9.40 Å². The van der Waals surface area contributed by atoms with Crippen LogP contribution < -0.4 is 4.90 Å². The summed E-state index contributed by atoms with van der Waals surface area (Å²) in [6.45, 7) is 0.968. The van der Waals surface area contributed by atoms with Crippen molar-refractivity contribution in [1.29, 1.82) is 5.26 Å². The number of nitrogens with zero attached hydrogens (tertiary/aromatic N) is 4. The van der Waals surface area contributed by atoms with Crippen LogP contribution in [0.3, 0.4) is 0 Å². The van der Waals surface area contributed by atoms with Crippen LogP contribution in [0.1, 0.15) is 56.6 Å². The van der Waals surface area contributed by atoms with Crippen molar-refractivity contribution in [2.75, 3.05) is 29.5 Å². The maximum atomic E-state index is 13.5. The molecule has 1 aliphatic heterocycles. The molecule has 0 N–H and O–H groups in total. The highest BCUT2D eigenvalue weighted by molar-refractivity contribution is 7.91. The van der Waals surface area contributed by atoms with E-state index in [0.29, 0.717) is 25.4 Å². The molecule has 2 saturated carbocycles. The molecule has 0 unspecified atom stereocenters. The van der Waals surface area contributed by atoms with Gasteiger partial charge in [0.15, 0.2) is 9.84 Å². The first kappa shape index (κ1) is 25.8. The Hall–Kier alpha value is -3.51. The average Bonchev–Trinajstić information content (AvgIpc) is 3.60. The zero-order valence-electron chi connectivity index (χ0n) is 21.9. The van der Waals surface area contributed by atoms with Crippen molar-refractivity contribution in [3.8, 4) is 28.8 Å². The van der Waals surface area contributed by atoms with E-state index in [2.05, 4.69) is 16.0 Å². The molecular formula is C30H32N4O4S. The molecule has 2 atom stereocenters. The minimum Gasteiger partial charge on any atom is -0.440 e.